The number of nitrogens with two attached hydrogens (primary N) is 1. The monoisotopic (exact) mass is 265 g/mol. The SMILES string of the molecule is NNC1=C[C@@H](c2ccccc2)N(c2ccccc2)C1=O. The number of nitrogens with zero attached hydrogens (tertiary/aromatic N) is 1. The van der Waals surface area contributed by atoms with Gasteiger partial charge in [0, 0.05) is 5.69 Å². The van der Waals surface area contributed by atoms with Crippen LogP contribution in [0.2, 0.25) is 0 Å². The largest absolute Gasteiger partial charge is 0.320 e. The van der Waals surface area contributed by atoms with Crippen LogP contribution < -0.4 is 16.2 Å². The van der Waals surface area contributed by atoms with Gasteiger partial charge in [-0.2, -0.15) is 0 Å². The van der Waals surface area contributed by atoms with Gasteiger partial charge in [0.05, 0.1) is 6.04 Å². The number of carbonyl (C=O) groups is 1. The predicted octanol–water partition coefficient (Wildman–Crippen LogP) is 2.12. The maximum Gasteiger partial charge on any atom is 0.276 e. The fourth-order valence-electron chi connectivity index (χ4n) is 2.43. The van der Waals surface area contributed by atoms with Crippen molar-refractivity contribution in [3.63, 3.8) is 0 Å². The summed E-state index contributed by atoms with van der Waals surface area (Å²) in [6.07, 6.45) is 1.85. The van der Waals surface area contributed by atoms with E-state index in [0.29, 0.717) is 5.70 Å². The lowest BCUT2D eigenvalue weighted by Gasteiger charge is -2.25. The Morgan fingerprint density at radius 2 is 1.55 bits per heavy atom. The molecule has 4 heteroatoms. The highest BCUT2D eigenvalue weighted by Gasteiger charge is 2.34. The van der Waals surface area contributed by atoms with Crippen LogP contribution in [0.4, 0.5) is 5.69 Å². The van der Waals surface area contributed by atoms with Crippen molar-refractivity contribution in [2.45, 2.75) is 6.04 Å². The van der Waals surface area contributed by atoms with Gasteiger partial charge in [0.25, 0.3) is 5.91 Å². The molecule has 4 nitrogen and oxygen atoms in total. The highest BCUT2D eigenvalue weighted by Crippen LogP contribution is 2.34. The number of hydrazine groups is 1. The number of rotatable bonds is 3. The summed E-state index contributed by atoms with van der Waals surface area (Å²) in [5, 5.41) is 0. The lowest BCUT2D eigenvalue weighted by atomic mass is 10.1. The van der Waals surface area contributed by atoms with Crippen LogP contribution in [0.15, 0.2) is 72.4 Å². The molecule has 0 unspecified atom stereocenters. The highest BCUT2D eigenvalue weighted by molar-refractivity contribution is 6.08. The number of nitrogens with one attached hydrogen (secondary N) is 1. The second-order valence-electron chi connectivity index (χ2n) is 4.59. The maximum atomic E-state index is 12.4. The summed E-state index contributed by atoms with van der Waals surface area (Å²) in [6, 6.07) is 19.3. The van der Waals surface area contributed by atoms with Crippen molar-refractivity contribution < 1.29 is 4.79 Å². The zero-order valence-corrected chi connectivity index (χ0v) is 10.9. The van der Waals surface area contributed by atoms with Gasteiger partial charge in [-0.3, -0.25) is 15.5 Å². The number of hydrogen-bond acceptors (Lipinski definition) is 3. The maximum absolute atomic E-state index is 12.4. The molecule has 0 aliphatic carbocycles. The quantitative estimate of drug-likeness (QED) is 0.660. The Kier molecular flexibility index (Phi) is 3.23. The Morgan fingerprint density at radius 1 is 0.950 bits per heavy atom. The molecule has 100 valence electrons. The molecule has 1 aliphatic rings. The Morgan fingerprint density at radius 3 is 2.15 bits per heavy atom. The predicted molar refractivity (Wildman–Crippen MR) is 78.5 cm³/mol. The van der Waals surface area contributed by atoms with E-state index in [2.05, 4.69) is 5.43 Å². The minimum Gasteiger partial charge on any atom is -0.320 e. The molecule has 0 fully saturated rings. The molecule has 0 bridgehead atoms. The molecular formula is C16H15N3O. The first kappa shape index (κ1) is 12.4. The van der Waals surface area contributed by atoms with E-state index in [0.717, 1.165) is 11.3 Å². The van der Waals surface area contributed by atoms with Crippen molar-refractivity contribution in [1.29, 1.82) is 0 Å². The minimum absolute atomic E-state index is 0.118. The zero-order valence-electron chi connectivity index (χ0n) is 10.9. The van der Waals surface area contributed by atoms with Crippen LogP contribution in [0.1, 0.15) is 11.6 Å². The number of hydrogen-bond donors (Lipinski definition) is 2. The number of benzene rings is 2. The van der Waals surface area contributed by atoms with Crippen LogP contribution in [0.5, 0.6) is 0 Å². The summed E-state index contributed by atoms with van der Waals surface area (Å²) in [7, 11) is 0. The van der Waals surface area contributed by atoms with E-state index in [4.69, 9.17) is 5.84 Å². The summed E-state index contributed by atoms with van der Waals surface area (Å²) < 4.78 is 0. The minimum atomic E-state index is -0.142. The molecular weight excluding hydrogens is 250 g/mol. The smallest absolute Gasteiger partial charge is 0.276 e. The molecule has 1 aliphatic heterocycles. The number of para-hydroxylation sites is 1. The van der Waals surface area contributed by atoms with Crippen molar-refractivity contribution in [2.24, 2.45) is 5.84 Å². The van der Waals surface area contributed by atoms with Crippen LogP contribution in [-0.2, 0) is 4.79 Å². The Labute approximate surface area is 117 Å². The topological polar surface area (TPSA) is 58.4 Å². The average molecular weight is 265 g/mol. The molecule has 2 aromatic carbocycles. The fourth-order valence-corrected chi connectivity index (χ4v) is 2.43. The second-order valence-corrected chi connectivity index (χ2v) is 4.59. The molecule has 2 aromatic rings. The van der Waals surface area contributed by atoms with Crippen LogP contribution in [0.3, 0.4) is 0 Å². The summed E-state index contributed by atoms with van der Waals surface area (Å²) in [5.41, 5.74) is 4.81. The average Bonchev–Trinajstić information content (AvgIpc) is 2.86. The molecule has 0 saturated carbocycles. The van der Waals surface area contributed by atoms with Crippen molar-refractivity contribution in [2.75, 3.05) is 4.90 Å². The van der Waals surface area contributed by atoms with E-state index < -0.39 is 0 Å². The fraction of sp³-hybridized carbons (Fsp3) is 0.0625. The first-order valence-corrected chi connectivity index (χ1v) is 6.43. The van der Waals surface area contributed by atoms with Gasteiger partial charge in [0.1, 0.15) is 5.70 Å². The molecule has 0 radical (unpaired) electrons. The first-order chi connectivity index (χ1) is 9.81. The van der Waals surface area contributed by atoms with Gasteiger partial charge >= 0.3 is 0 Å². The van der Waals surface area contributed by atoms with E-state index in [1.54, 1.807) is 4.90 Å². The lowest BCUT2D eigenvalue weighted by Crippen LogP contribution is -2.34. The van der Waals surface area contributed by atoms with Crippen LogP contribution in [0.25, 0.3) is 0 Å². The van der Waals surface area contributed by atoms with Crippen molar-refractivity contribution >= 4 is 11.6 Å². The van der Waals surface area contributed by atoms with E-state index in [-0.39, 0.29) is 11.9 Å². The van der Waals surface area contributed by atoms with E-state index in [1.807, 2.05) is 66.7 Å². The normalized spacial score (nSPS) is 18.1. The highest BCUT2D eigenvalue weighted by atomic mass is 16.2. The van der Waals surface area contributed by atoms with Gasteiger partial charge in [-0.15, -0.1) is 0 Å². The lowest BCUT2D eigenvalue weighted by molar-refractivity contribution is -0.115. The summed E-state index contributed by atoms with van der Waals surface area (Å²) in [4.78, 5) is 14.2. The molecule has 3 rings (SSSR count). The van der Waals surface area contributed by atoms with Gasteiger partial charge < -0.3 is 5.43 Å². The molecule has 0 spiro atoms. The number of amides is 1. The van der Waals surface area contributed by atoms with Gasteiger partial charge in [-0.25, -0.2) is 0 Å². The summed E-state index contributed by atoms with van der Waals surface area (Å²) >= 11 is 0. The third-order valence-electron chi connectivity index (χ3n) is 3.38. The number of anilines is 1. The van der Waals surface area contributed by atoms with E-state index in [9.17, 15) is 4.79 Å². The Bertz CT molecular complexity index is 637. The molecule has 20 heavy (non-hydrogen) atoms. The van der Waals surface area contributed by atoms with Gasteiger partial charge in [-0.05, 0) is 23.8 Å². The molecule has 0 saturated heterocycles. The molecule has 3 N–H and O–H groups in total. The summed E-state index contributed by atoms with van der Waals surface area (Å²) in [6.45, 7) is 0. The van der Waals surface area contributed by atoms with Gasteiger partial charge in [0.15, 0.2) is 0 Å². The van der Waals surface area contributed by atoms with Gasteiger partial charge in [0.2, 0.25) is 0 Å². The Hall–Kier alpha value is -2.59. The van der Waals surface area contributed by atoms with Crippen molar-refractivity contribution in [3.8, 4) is 0 Å². The Balaban J connectivity index is 2.05. The third kappa shape index (κ3) is 2.06. The van der Waals surface area contributed by atoms with Crippen molar-refractivity contribution in [1.82, 2.24) is 5.43 Å². The van der Waals surface area contributed by atoms with Crippen molar-refractivity contribution in [3.05, 3.63) is 78.0 Å². The third-order valence-corrected chi connectivity index (χ3v) is 3.38. The van der Waals surface area contributed by atoms with Gasteiger partial charge in [-0.1, -0.05) is 48.5 Å². The standard InChI is InChI=1S/C16H15N3O/c17-18-14-11-15(12-7-3-1-4-8-12)19(16(14)20)13-9-5-2-6-10-13/h1-11,15,18H,17H2/t15-/m0/s1. The zero-order chi connectivity index (χ0) is 13.9. The van der Waals surface area contributed by atoms with Crippen LogP contribution in [0, 0.1) is 0 Å². The second kappa shape index (κ2) is 5.19. The molecule has 0 aromatic heterocycles. The summed E-state index contributed by atoms with van der Waals surface area (Å²) in [5.74, 6) is 5.32. The number of carbonyl (C=O) groups excluding carboxylic acids is 1. The van der Waals surface area contributed by atoms with E-state index in [1.165, 1.54) is 0 Å². The molecule has 1 amide bonds. The van der Waals surface area contributed by atoms with E-state index >= 15 is 0 Å². The van der Waals surface area contributed by atoms with Crippen LogP contribution >= 0.6 is 0 Å². The molecule has 1 atom stereocenters. The molecule has 1 heterocycles. The van der Waals surface area contributed by atoms with Crippen LogP contribution in [-0.4, -0.2) is 5.91 Å². The first-order valence-electron chi connectivity index (χ1n) is 6.43.